The summed E-state index contributed by atoms with van der Waals surface area (Å²) in [5.74, 6) is -4.68. The van der Waals surface area contributed by atoms with Gasteiger partial charge in [-0.1, -0.05) is 6.07 Å². The normalized spacial score (nSPS) is 16.8. The number of methoxy groups -OCH3 is 2. The van der Waals surface area contributed by atoms with Crippen molar-refractivity contribution in [1.82, 2.24) is 14.5 Å². The van der Waals surface area contributed by atoms with Gasteiger partial charge in [-0.3, -0.25) is 9.59 Å². The standard InChI is InChI=1S/C34H37F5N4O7/c1-18-19(2)41(3)32(45)29(40-18)23-9-8-20(22-7-6-11-50-30(22)23)13-26(33(46)48-5)43(17-47-4)31(44)28-24(35)14-21(15-25(28)36)42-10-12-49-16-27(42)34(37,38)39/h8-9,14-15,26-27H,6-7,10-13,16-17H2,1-5H3/t26-,27+/m0/s1. The zero-order valence-corrected chi connectivity index (χ0v) is 28.2. The summed E-state index contributed by atoms with van der Waals surface area (Å²) in [5, 5.41) is 0. The minimum atomic E-state index is -4.75. The van der Waals surface area contributed by atoms with Crippen LogP contribution in [-0.2, 0) is 38.9 Å². The molecule has 0 saturated carbocycles. The van der Waals surface area contributed by atoms with Crippen LogP contribution in [0.25, 0.3) is 11.3 Å². The van der Waals surface area contributed by atoms with Gasteiger partial charge in [0.2, 0.25) is 0 Å². The van der Waals surface area contributed by atoms with Gasteiger partial charge in [0, 0.05) is 44.1 Å². The Bertz CT molecular complexity index is 1820. The lowest BCUT2D eigenvalue weighted by atomic mass is 9.91. The first kappa shape index (κ1) is 36.7. The van der Waals surface area contributed by atoms with E-state index >= 15 is 8.78 Å². The predicted molar refractivity (Wildman–Crippen MR) is 170 cm³/mol. The Balaban J connectivity index is 1.53. The number of rotatable bonds is 9. The van der Waals surface area contributed by atoms with Gasteiger partial charge in [0.25, 0.3) is 11.5 Å². The van der Waals surface area contributed by atoms with Gasteiger partial charge >= 0.3 is 12.1 Å². The van der Waals surface area contributed by atoms with E-state index in [0.29, 0.717) is 65.4 Å². The van der Waals surface area contributed by atoms with Gasteiger partial charge in [-0.15, -0.1) is 0 Å². The van der Waals surface area contributed by atoms with E-state index < -0.39 is 66.4 Å². The van der Waals surface area contributed by atoms with Crippen LogP contribution in [0.5, 0.6) is 5.75 Å². The minimum absolute atomic E-state index is 0.105. The summed E-state index contributed by atoms with van der Waals surface area (Å²) in [4.78, 5) is 46.5. The number of carbonyl (C=O) groups is 2. The molecule has 0 unspecified atom stereocenters. The zero-order chi connectivity index (χ0) is 36.5. The second-order valence-corrected chi connectivity index (χ2v) is 12.1. The second-order valence-electron chi connectivity index (χ2n) is 12.1. The monoisotopic (exact) mass is 708 g/mol. The number of hydrogen-bond donors (Lipinski definition) is 0. The number of alkyl halides is 3. The van der Waals surface area contributed by atoms with Gasteiger partial charge in [0.1, 0.15) is 47.5 Å². The van der Waals surface area contributed by atoms with Crippen molar-refractivity contribution in [2.24, 2.45) is 7.05 Å². The molecule has 2 atom stereocenters. The quantitative estimate of drug-likeness (QED) is 0.183. The fourth-order valence-corrected chi connectivity index (χ4v) is 6.29. The van der Waals surface area contributed by atoms with Crippen LogP contribution in [0, 0.1) is 25.5 Å². The maximum Gasteiger partial charge on any atom is 0.411 e. The lowest BCUT2D eigenvalue weighted by Gasteiger charge is -2.38. The molecule has 5 rings (SSSR count). The van der Waals surface area contributed by atoms with Crippen molar-refractivity contribution in [3.05, 3.63) is 74.3 Å². The highest BCUT2D eigenvalue weighted by atomic mass is 19.4. The number of aryl methyl sites for hydroxylation is 1. The van der Waals surface area contributed by atoms with E-state index in [1.54, 1.807) is 33.0 Å². The maximum absolute atomic E-state index is 15.6. The third kappa shape index (κ3) is 7.03. The van der Waals surface area contributed by atoms with E-state index in [1.807, 2.05) is 0 Å². The molecule has 1 fully saturated rings. The molecule has 270 valence electrons. The average molecular weight is 709 g/mol. The molecule has 1 aromatic heterocycles. The molecule has 3 aromatic rings. The lowest BCUT2D eigenvalue weighted by molar-refractivity contribution is -0.167. The molecule has 2 aliphatic heterocycles. The number of esters is 1. The highest BCUT2D eigenvalue weighted by molar-refractivity contribution is 5.97. The summed E-state index contributed by atoms with van der Waals surface area (Å²) < 4.78 is 94.9. The number of amides is 1. The van der Waals surface area contributed by atoms with Crippen molar-refractivity contribution in [2.75, 3.05) is 52.2 Å². The van der Waals surface area contributed by atoms with Crippen molar-refractivity contribution >= 4 is 17.6 Å². The number of halogens is 5. The van der Waals surface area contributed by atoms with Crippen molar-refractivity contribution < 1.29 is 50.5 Å². The number of hydrogen-bond acceptors (Lipinski definition) is 9. The number of carbonyl (C=O) groups excluding carboxylic acids is 2. The van der Waals surface area contributed by atoms with Crippen LogP contribution in [0.3, 0.4) is 0 Å². The topological polar surface area (TPSA) is 112 Å². The Morgan fingerprint density at radius 1 is 1.12 bits per heavy atom. The third-order valence-electron chi connectivity index (χ3n) is 9.11. The largest absolute Gasteiger partial charge is 0.493 e. The first-order valence-corrected chi connectivity index (χ1v) is 15.8. The Kier molecular flexibility index (Phi) is 10.8. The van der Waals surface area contributed by atoms with Crippen LogP contribution < -0.4 is 15.2 Å². The van der Waals surface area contributed by atoms with Gasteiger partial charge in [0.05, 0.1) is 32.6 Å². The van der Waals surface area contributed by atoms with Crippen LogP contribution in [-0.4, -0.2) is 91.9 Å². The highest BCUT2D eigenvalue weighted by Gasteiger charge is 2.46. The highest BCUT2D eigenvalue weighted by Crippen LogP contribution is 2.38. The number of aromatic nitrogens is 2. The van der Waals surface area contributed by atoms with Gasteiger partial charge in [0.15, 0.2) is 0 Å². The van der Waals surface area contributed by atoms with Crippen molar-refractivity contribution in [1.29, 1.82) is 0 Å². The molecule has 3 heterocycles. The lowest BCUT2D eigenvalue weighted by Crippen LogP contribution is -2.53. The van der Waals surface area contributed by atoms with Crippen LogP contribution in [0.1, 0.15) is 39.3 Å². The molecule has 0 aliphatic carbocycles. The van der Waals surface area contributed by atoms with E-state index in [9.17, 15) is 27.6 Å². The number of anilines is 1. The molecule has 1 saturated heterocycles. The second kappa shape index (κ2) is 14.7. The predicted octanol–water partition coefficient (Wildman–Crippen LogP) is 4.27. The van der Waals surface area contributed by atoms with E-state index in [2.05, 4.69) is 4.98 Å². The van der Waals surface area contributed by atoms with Crippen molar-refractivity contribution in [3.8, 4) is 17.0 Å². The molecule has 0 spiro atoms. The molecule has 2 aromatic carbocycles. The first-order chi connectivity index (χ1) is 23.7. The summed E-state index contributed by atoms with van der Waals surface area (Å²) in [6.07, 6.45) is -3.86. The average Bonchev–Trinajstić information content (AvgIpc) is 3.09. The Hall–Kier alpha value is -4.57. The molecular weight excluding hydrogens is 671 g/mol. The Morgan fingerprint density at radius 3 is 2.46 bits per heavy atom. The fraction of sp³-hybridized carbons (Fsp3) is 0.471. The number of fused-ring (bicyclic) bond motifs is 1. The van der Waals surface area contributed by atoms with Gasteiger partial charge < -0.3 is 33.3 Å². The summed E-state index contributed by atoms with van der Waals surface area (Å²) >= 11 is 0. The fourth-order valence-electron chi connectivity index (χ4n) is 6.29. The molecule has 11 nitrogen and oxygen atoms in total. The Morgan fingerprint density at radius 2 is 1.82 bits per heavy atom. The molecule has 1 amide bonds. The summed E-state index contributed by atoms with van der Waals surface area (Å²) in [6, 6.07) is 0.975. The number of benzene rings is 2. The van der Waals surface area contributed by atoms with Crippen LogP contribution >= 0.6 is 0 Å². The van der Waals surface area contributed by atoms with E-state index in [0.717, 1.165) is 16.9 Å². The number of nitrogens with zero attached hydrogens (tertiary/aromatic N) is 4. The molecule has 0 N–H and O–H groups in total. The van der Waals surface area contributed by atoms with Crippen molar-refractivity contribution in [3.63, 3.8) is 0 Å². The smallest absolute Gasteiger partial charge is 0.411 e. The minimum Gasteiger partial charge on any atom is -0.493 e. The van der Waals surface area contributed by atoms with Crippen LogP contribution in [0.15, 0.2) is 29.1 Å². The summed E-state index contributed by atoms with van der Waals surface area (Å²) in [7, 11) is 3.94. The van der Waals surface area contributed by atoms with Gasteiger partial charge in [-0.05, 0) is 56.0 Å². The molecule has 0 radical (unpaired) electrons. The van der Waals surface area contributed by atoms with E-state index in [1.165, 1.54) is 11.7 Å². The third-order valence-corrected chi connectivity index (χ3v) is 9.11. The van der Waals surface area contributed by atoms with Crippen LogP contribution in [0.2, 0.25) is 0 Å². The SMILES string of the molecule is COCN(C(=O)c1c(F)cc(N2CCOC[C@@H]2C(F)(F)F)cc1F)[C@@H](Cc1ccc(-c2nc(C)c(C)n(C)c2=O)c2c1CCCO2)C(=O)OC. The van der Waals surface area contributed by atoms with Gasteiger partial charge in [-0.2, -0.15) is 13.2 Å². The van der Waals surface area contributed by atoms with Crippen molar-refractivity contribution in [2.45, 2.75) is 51.4 Å². The van der Waals surface area contributed by atoms with Gasteiger partial charge in [-0.25, -0.2) is 18.6 Å². The van der Waals surface area contributed by atoms with E-state index in [-0.39, 0.29) is 30.8 Å². The maximum atomic E-state index is 15.6. The van der Waals surface area contributed by atoms with E-state index in [4.69, 9.17) is 18.9 Å². The summed E-state index contributed by atoms with van der Waals surface area (Å²) in [6.45, 7) is 2.18. The number of ether oxygens (including phenoxy) is 4. The molecular formula is C34H37F5N4O7. The molecule has 50 heavy (non-hydrogen) atoms. The van der Waals surface area contributed by atoms with Crippen LogP contribution in [0.4, 0.5) is 27.6 Å². The Labute approximate surface area is 284 Å². The zero-order valence-electron chi connectivity index (χ0n) is 28.2. The molecule has 0 bridgehead atoms. The number of morpholine rings is 1. The first-order valence-electron chi connectivity index (χ1n) is 15.8. The summed E-state index contributed by atoms with van der Waals surface area (Å²) in [5.41, 5.74) is 1.31. The molecule has 2 aliphatic rings. The molecule has 16 heteroatoms.